The van der Waals surface area contributed by atoms with Crippen molar-refractivity contribution in [2.45, 2.75) is 64.3 Å². The van der Waals surface area contributed by atoms with Crippen LogP contribution in [-0.2, 0) is 16.1 Å². The topological polar surface area (TPSA) is 108 Å². The van der Waals surface area contributed by atoms with Crippen LogP contribution in [0.25, 0.3) is 11.4 Å². The van der Waals surface area contributed by atoms with Crippen molar-refractivity contribution < 1.29 is 19.1 Å². The maximum absolute atomic E-state index is 12.5. The largest absolute Gasteiger partial charge is 0.490 e. The monoisotopic (exact) mass is 515 g/mol. The Morgan fingerprint density at radius 3 is 2.60 bits per heavy atom. The number of aryl methyl sites for hydroxylation is 1. The summed E-state index contributed by atoms with van der Waals surface area (Å²) >= 11 is 2.41. The lowest BCUT2D eigenvalue weighted by Gasteiger charge is -2.13. The van der Waals surface area contributed by atoms with Crippen LogP contribution in [0.15, 0.2) is 29.4 Å². The van der Waals surface area contributed by atoms with Gasteiger partial charge in [0.2, 0.25) is 5.91 Å². The van der Waals surface area contributed by atoms with E-state index < -0.39 is 5.97 Å². The number of thiazole rings is 1. The molecule has 1 N–H and O–H groups in total. The van der Waals surface area contributed by atoms with Crippen LogP contribution < -0.4 is 10.1 Å². The third-order valence-electron chi connectivity index (χ3n) is 5.59. The molecule has 11 heteroatoms. The maximum atomic E-state index is 12.5. The molecule has 1 aliphatic carbocycles. The summed E-state index contributed by atoms with van der Waals surface area (Å²) in [5.74, 6) is 1.09. The van der Waals surface area contributed by atoms with Gasteiger partial charge >= 0.3 is 5.97 Å². The number of nitrogens with zero attached hydrogens (tertiary/aromatic N) is 4. The summed E-state index contributed by atoms with van der Waals surface area (Å²) in [6.07, 6.45) is 5.03. The van der Waals surface area contributed by atoms with Crippen LogP contribution in [0.4, 0.5) is 5.13 Å². The molecule has 3 aromatic rings. The van der Waals surface area contributed by atoms with Gasteiger partial charge in [-0.25, -0.2) is 9.78 Å². The predicted molar refractivity (Wildman–Crippen MR) is 136 cm³/mol. The molecule has 1 aromatic carbocycles. The minimum Gasteiger partial charge on any atom is -0.490 e. The average Bonchev–Trinajstić information content (AvgIpc) is 3.58. The van der Waals surface area contributed by atoms with E-state index in [9.17, 15) is 9.59 Å². The number of hydrogen-bond acceptors (Lipinski definition) is 9. The van der Waals surface area contributed by atoms with Crippen molar-refractivity contribution >= 4 is 40.1 Å². The second-order valence-electron chi connectivity index (χ2n) is 8.09. The Bertz CT molecular complexity index is 1170. The lowest BCUT2D eigenvalue weighted by molar-refractivity contribution is -0.113. The average molecular weight is 516 g/mol. The molecule has 0 aliphatic heterocycles. The zero-order chi connectivity index (χ0) is 24.8. The number of hydrogen-bond donors (Lipinski definition) is 1. The zero-order valence-electron chi connectivity index (χ0n) is 20.1. The van der Waals surface area contributed by atoms with E-state index in [2.05, 4.69) is 20.5 Å². The van der Waals surface area contributed by atoms with E-state index in [-0.39, 0.29) is 18.3 Å². The first-order valence-corrected chi connectivity index (χ1v) is 13.6. The van der Waals surface area contributed by atoms with Crippen LogP contribution in [0.1, 0.15) is 54.9 Å². The first-order valence-electron chi connectivity index (χ1n) is 11.8. The number of esters is 1. The van der Waals surface area contributed by atoms with Gasteiger partial charge in [-0.1, -0.05) is 23.1 Å². The van der Waals surface area contributed by atoms with Gasteiger partial charge in [0.1, 0.15) is 10.6 Å². The summed E-state index contributed by atoms with van der Waals surface area (Å²) in [7, 11) is 0. The van der Waals surface area contributed by atoms with Gasteiger partial charge in [-0.15, -0.1) is 10.2 Å². The van der Waals surface area contributed by atoms with Crippen LogP contribution in [0.5, 0.6) is 5.75 Å². The van der Waals surface area contributed by atoms with Gasteiger partial charge in [0, 0.05) is 12.1 Å². The number of benzene rings is 1. The van der Waals surface area contributed by atoms with E-state index in [0.29, 0.717) is 33.5 Å². The van der Waals surface area contributed by atoms with Crippen LogP contribution in [0.2, 0.25) is 0 Å². The Hall–Kier alpha value is -2.92. The van der Waals surface area contributed by atoms with Crippen LogP contribution >= 0.6 is 23.1 Å². The summed E-state index contributed by atoms with van der Waals surface area (Å²) in [4.78, 5) is 29.1. The molecule has 1 amide bonds. The van der Waals surface area contributed by atoms with Gasteiger partial charge in [0.05, 0.1) is 24.2 Å². The number of carbonyl (C=O) groups is 2. The fourth-order valence-corrected chi connectivity index (χ4v) is 5.58. The normalized spacial score (nSPS) is 13.7. The molecule has 0 radical (unpaired) electrons. The van der Waals surface area contributed by atoms with Gasteiger partial charge in [0.15, 0.2) is 16.1 Å². The molecule has 0 saturated heterocycles. The number of nitrogens with one attached hydrogen (secondary N) is 1. The van der Waals surface area contributed by atoms with Crippen molar-refractivity contribution in [2.75, 3.05) is 17.7 Å². The fraction of sp³-hybridized carbons (Fsp3) is 0.458. The van der Waals surface area contributed by atoms with E-state index in [0.717, 1.165) is 41.3 Å². The van der Waals surface area contributed by atoms with Gasteiger partial charge in [-0.2, -0.15) is 0 Å². The Morgan fingerprint density at radius 1 is 1.17 bits per heavy atom. The van der Waals surface area contributed by atoms with Crippen molar-refractivity contribution in [3.05, 3.63) is 34.8 Å². The standard InChI is InChI=1S/C24H29N5O4S2/c1-4-29-21(16-10-12-18(13-11-16)33-17-8-6-7-9-17)27-28-24(29)34-14-19(30)26-23-25-15(3)20(35-23)22(31)32-5-2/h10-13,17H,4-9,14H2,1-3H3,(H,25,26,30). The third kappa shape index (κ3) is 6.21. The molecule has 0 unspecified atom stereocenters. The highest BCUT2D eigenvalue weighted by atomic mass is 32.2. The molecule has 2 aromatic heterocycles. The molecule has 9 nitrogen and oxygen atoms in total. The minimum absolute atomic E-state index is 0.139. The molecular formula is C24H29N5O4S2. The highest BCUT2D eigenvalue weighted by Gasteiger charge is 2.20. The van der Waals surface area contributed by atoms with Crippen molar-refractivity contribution in [1.82, 2.24) is 19.7 Å². The highest BCUT2D eigenvalue weighted by molar-refractivity contribution is 7.99. The van der Waals surface area contributed by atoms with E-state index in [1.54, 1.807) is 13.8 Å². The number of amides is 1. The van der Waals surface area contributed by atoms with Gasteiger partial charge < -0.3 is 19.4 Å². The van der Waals surface area contributed by atoms with Crippen LogP contribution in [0.3, 0.4) is 0 Å². The minimum atomic E-state index is -0.431. The molecule has 186 valence electrons. The lowest BCUT2D eigenvalue weighted by atomic mass is 10.2. The summed E-state index contributed by atoms with van der Waals surface area (Å²) in [6.45, 7) is 6.43. The fourth-order valence-electron chi connectivity index (χ4n) is 3.90. The van der Waals surface area contributed by atoms with Gasteiger partial charge in [-0.3, -0.25) is 4.79 Å². The Kier molecular flexibility index (Phi) is 8.40. The molecule has 1 fully saturated rings. The number of ether oxygens (including phenoxy) is 2. The number of anilines is 1. The summed E-state index contributed by atoms with van der Waals surface area (Å²) in [6, 6.07) is 7.94. The second kappa shape index (κ2) is 11.7. The number of aromatic nitrogens is 4. The number of thioether (sulfide) groups is 1. The maximum Gasteiger partial charge on any atom is 0.350 e. The molecule has 0 atom stereocenters. The van der Waals surface area contributed by atoms with E-state index in [4.69, 9.17) is 9.47 Å². The SMILES string of the molecule is CCOC(=O)c1sc(NC(=O)CSc2nnc(-c3ccc(OC4CCCC4)cc3)n2CC)nc1C. The van der Waals surface area contributed by atoms with E-state index >= 15 is 0 Å². The number of rotatable bonds is 10. The van der Waals surface area contributed by atoms with Crippen molar-refractivity contribution in [2.24, 2.45) is 0 Å². The Labute approximate surface area is 212 Å². The summed E-state index contributed by atoms with van der Waals surface area (Å²) in [5, 5.41) is 12.4. The zero-order valence-corrected chi connectivity index (χ0v) is 21.7. The Balaban J connectivity index is 1.36. The van der Waals surface area contributed by atoms with Gasteiger partial charge in [-0.05, 0) is 70.7 Å². The quantitative estimate of drug-likeness (QED) is 0.298. The lowest BCUT2D eigenvalue weighted by Crippen LogP contribution is -2.14. The van der Waals surface area contributed by atoms with Crippen LogP contribution in [0, 0.1) is 6.92 Å². The number of carbonyl (C=O) groups excluding carboxylic acids is 2. The molecule has 4 rings (SSSR count). The first-order chi connectivity index (χ1) is 17.0. The third-order valence-corrected chi connectivity index (χ3v) is 7.61. The molecule has 0 bridgehead atoms. The first kappa shape index (κ1) is 25.2. The summed E-state index contributed by atoms with van der Waals surface area (Å²) < 4.78 is 13.1. The molecule has 1 aliphatic rings. The predicted octanol–water partition coefficient (Wildman–Crippen LogP) is 4.96. The highest BCUT2D eigenvalue weighted by Crippen LogP contribution is 2.29. The van der Waals surface area contributed by atoms with Crippen molar-refractivity contribution in [1.29, 1.82) is 0 Å². The van der Waals surface area contributed by atoms with Crippen molar-refractivity contribution in [3.63, 3.8) is 0 Å². The molecule has 0 spiro atoms. The summed E-state index contributed by atoms with van der Waals surface area (Å²) in [5.41, 5.74) is 1.48. The second-order valence-corrected chi connectivity index (χ2v) is 10.0. The Morgan fingerprint density at radius 2 is 1.91 bits per heavy atom. The van der Waals surface area contributed by atoms with Gasteiger partial charge in [0.25, 0.3) is 0 Å². The van der Waals surface area contributed by atoms with E-state index in [1.165, 1.54) is 24.6 Å². The van der Waals surface area contributed by atoms with Crippen LogP contribution in [-0.4, -0.2) is 50.1 Å². The molecule has 1 saturated carbocycles. The molecule has 35 heavy (non-hydrogen) atoms. The van der Waals surface area contributed by atoms with Crippen molar-refractivity contribution in [3.8, 4) is 17.1 Å². The van der Waals surface area contributed by atoms with E-state index in [1.807, 2.05) is 35.8 Å². The molecule has 2 heterocycles. The molecular weight excluding hydrogens is 486 g/mol. The smallest absolute Gasteiger partial charge is 0.350 e.